The van der Waals surface area contributed by atoms with E-state index in [2.05, 4.69) is 0 Å². The molecule has 3 amide bonds. The summed E-state index contributed by atoms with van der Waals surface area (Å²) in [5, 5.41) is 0. The summed E-state index contributed by atoms with van der Waals surface area (Å²) in [6.45, 7) is 2.85. The van der Waals surface area contributed by atoms with E-state index in [0.29, 0.717) is 19.0 Å². The van der Waals surface area contributed by atoms with E-state index in [9.17, 15) is 9.59 Å². The number of amides is 3. The standard InChI is InChI=1S/C7H11ClN2O2/c1-2-10-6(11)5-9(4-3-8)7(10)12/h2-5H2,1H3. The summed E-state index contributed by atoms with van der Waals surface area (Å²) in [6.07, 6.45) is 0. The fraction of sp³-hybridized carbons (Fsp3) is 0.714. The van der Waals surface area contributed by atoms with Gasteiger partial charge in [-0.2, -0.15) is 0 Å². The Morgan fingerprint density at radius 1 is 1.50 bits per heavy atom. The molecule has 12 heavy (non-hydrogen) atoms. The number of imide groups is 1. The van der Waals surface area contributed by atoms with E-state index in [0.717, 1.165) is 0 Å². The highest BCUT2D eigenvalue weighted by Crippen LogP contribution is 2.08. The van der Waals surface area contributed by atoms with Crippen molar-refractivity contribution in [3.63, 3.8) is 0 Å². The lowest BCUT2D eigenvalue weighted by molar-refractivity contribution is -0.125. The molecule has 0 aliphatic carbocycles. The predicted octanol–water partition coefficient (Wildman–Crippen LogP) is 0.509. The third kappa shape index (κ3) is 1.53. The smallest absolute Gasteiger partial charge is 0.314 e. The van der Waals surface area contributed by atoms with Crippen LogP contribution in [0.15, 0.2) is 0 Å². The van der Waals surface area contributed by atoms with E-state index >= 15 is 0 Å². The molecule has 0 saturated carbocycles. The van der Waals surface area contributed by atoms with Crippen LogP contribution in [-0.2, 0) is 4.79 Å². The van der Waals surface area contributed by atoms with Crippen molar-refractivity contribution in [1.29, 1.82) is 0 Å². The Labute approximate surface area is 76.1 Å². The lowest BCUT2D eigenvalue weighted by Gasteiger charge is -2.13. The van der Waals surface area contributed by atoms with Gasteiger partial charge in [0.2, 0.25) is 5.91 Å². The summed E-state index contributed by atoms with van der Waals surface area (Å²) in [6, 6.07) is -0.219. The molecule has 1 heterocycles. The fourth-order valence-electron chi connectivity index (χ4n) is 1.18. The number of alkyl halides is 1. The van der Waals surface area contributed by atoms with Crippen molar-refractivity contribution in [3.8, 4) is 0 Å². The first-order chi connectivity index (χ1) is 5.70. The van der Waals surface area contributed by atoms with Crippen LogP contribution in [-0.4, -0.2) is 47.3 Å². The first-order valence-electron chi connectivity index (χ1n) is 3.86. The van der Waals surface area contributed by atoms with Crippen LogP contribution in [0.3, 0.4) is 0 Å². The molecule has 0 spiro atoms. The second-order valence-corrected chi connectivity index (χ2v) is 2.91. The van der Waals surface area contributed by atoms with Crippen LogP contribution in [0.5, 0.6) is 0 Å². The number of hydrogen-bond donors (Lipinski definition) is 0. The van der Waals surface area contributed by atoms with Gasteiger partial charge in [0, 0.05) is 19.0 Å². The zero-order valence-electron chi connectivity index (χ0n) is 6.92. The molecule has 0 aromatic heterocycles. The van der Waals surface area contributed by atoms with Crippen molar-refractivity contribution >= 4 is 23.5 Å². The number of likely N-dealkylation sites (N-methyl/N-ethyl adjacent to an activating group) is 1. The number of carbonyl (C=O) groups is 2. The summed E-state index contributed by atoms with van der Waals surface area (Å²) in [7, 11) is 0. The minimum Gasteiger partial charge on any atom is -0.314 e. The summed E-state index contributed by atoms with van der Waals surface area (Å²) in [4.78, 5) is 25.1. The van der Waals surface area contributed by atoms with Crippen molar-refractivity contribution in [3.05, 3.63) is 0 Å². The van der Waals surface area contributed by atoms with Crippen LogP contribution < -0.4 is 0 Å². The maximum absolute atomic E-state index is 11.3. The summed E-state index contributed by atoms with van der Waals surface area (Å²) >= 11 is 5.46. The van der Waals surface area contributed by atoms with Crippen LogP contribution in [0.25, 0.3) is 0 Å². The van der Waals surface area contributed by atoms with Crippen LogP contribution in [0.2, 0.25) is 0 Å². The SMILES string of the molecule is CCN1C(=O)CN(CCCl)C1=O. The molecule has 1 rings (SSSR count). The van der Waals surface area contributed by atoms with Gasteiger partial charge in [-0.25, -0.2) is 4.79 Å². The summed E-state index contributed by atoms with van der Waals surface area (Å²) < 4.78 is 0. The number of carbonyl (C=O) groups excluding carboxylic acids is 2. The van der Waals surface area contributed by atoms with E-state index in [-0.39, 0.29) is 18.5 Å². The van der Waals surface area contributed by atoms with Crippen LogP contribution in [0.1, 0.15) is 6.92 Å². The van der Waals surface area contributed by atoms with E-state index in [4.69, 9.17) is 11.6 Å². The molecule has 1 aliphatic rings. The second-order valence-electron chi connectivity index (χ2n) is 2.53. The Bertz CT molecular complexity index is 208. The van der Waals surface area contributed by atoms with E-state index < -0.39 is 0 Å². The van der Waals surface area contributed by atoms with Crippen LogP contribution in [0, 0.1) is 0 Å². The molecule has 0 atom stereocenters. The lowest BCUT2D eigenvalue weighted by Crippen LogP contribution is -2.33. The molecule has 1 aliphatic heterocycles. The number of nitrogens with zero attached hydrogens (tertiary/aromatic N) is 2. The van der Waals surface area contributed by atoms with Crippen molar-refractivity contribution in [2.75, 3.05) is 25.5 Å². The molecular formula is C7H11ClN2O2. The van der Waals surface area contributed by atoms with E-state index in [1.807, 2.05) is 0 Å². The molecule has 0 bridgehead atoms. The van der Waals surface area contributed by atoms with Crippen molar-refractivity contribution in [2.45, 2.75) is 6.92 Å². The molecule has 5 heteroatoms. The third-order valence-electron chi connectivity index (χ3n) is 1.80. The van der Waals surface area contributed by atoms with Gasteiger partial charge in [-0.05, 0) is 6.92 Å². The quantitative estimate of drug-likeness (QED) is 0.481. The van der Waals surface area contributed by atoms with Crippen molar-refractivity contribution in [2.24, 2.45) is 0 Å². The molecule has 68 valence electrons. The van der Waals surface area contributed by atoms with E-state index in [1.54, 1.807) is 6.92 Å². The van der Waals surface area contributed by atoms with Crippen LogP contribution in [0.4, 0.5) is 4.79 Å². The molecule has 0 N–H and O–H groups in total. The van der Waals surface area contributed by atoms with Gasteiger partial charge in [0.15, 0.2) is 0 Å². The topological polar surface area (TPSA) is 40.6 Å². The average Bonchev–Trinajstić information content (AvgIpc) is 2.29. The van der Waals surface area contributed by atoms with Gasteiger partial charge < -0.3 is 4.90 Å². The number of rotatable bonds is 3. The molecule has 0 unspecified atom stereocenters. The number of halogens is 1. The Kier molecular flexibility index (Phi) is 2.92. The first kappa shape index (κ1) is 9.32. The minimum atomic E-state index is -0.219. The maximum atomic E-state index is 11.3. The Balaban J connectivity index is 2.62. The number of hydrogen-bond acceptors (Lipinski definition) is 2. The zero-order valence-corrected chi connectivity index (χ0v) is 7.67. The van der Waals surface area contributed by atoms with Gasteiger partial charge in [-0.15, -0.1) is 11.6 Å². The number of urea groups is 1. The normalized spacial score (nSPS) is 17.8. The Morgan fingerprint density at radius 3 is 2.58 bits per heavy atom. The predicted molar refractivity (Wildman–Crippen MR) is 45.1 cm³/mol. The van der Waals surface area contributed by atoms with Gasteiger partial charge in [0.05, 0.1) is 0 Å². The monoisotopic (exact) mass is 190 g/mol. The minimum absolute atomic E-state index is 0.132. The van der Waals surface area contributed by atoms with Crippen LogP contribution >= 0.6 is 11.6 Å². The molecule has 0 aromatic rings. The highest BCUT2D eigenvalue weighted by Gasteiger charge is 2.33. The maximum Gasteiger partial charge on any atom is 0.327 e. The average molecular weight is 191 g/mol. The van der Waals surface area contributed by atoms with Crippen molar-refractivity contribution < 1.29 is 9.59 Å². The highest BCUT2D eigenvalue weighted by molar-refractivity contribution is 6.18. The summed E-state index contributed by atoms with van der Waals surface area (Å²) in [5.74, 6) is 0.240. The molecule has 0 radical (unpaired) electrons. The largest absolute Gasteiger partial charge is 0.327 e. The van der Waals surface area contributed by atoms with Gasteiger partial charge in [-0.1, -0.05) is 0 Å². The van der Waals surface area contributed by atoms with E-state index in [1.165, 1.54) is 9.80 Å². The highest BCUT2D eigenvalue weighted by atomic mass is 35.5. The molecule has 1 saturated heterocycles. The Hall–Kier alpha value is -0.770. The molecule has 4 nitrogen and oxygen atoms in total. The molecule has 0 aromatic carbocycles. The van der Waals surface area contributed by atoms with Gasteiger partial charge in [0.1, 0.15) is 6.54 Å². The fourth-order valence-corrected chi connectivity index (χ4v) is 1.39. The molecule has 1 fully saturated rings. The van der Waals surface area contributed by atoms with Gasteiger partial charge >= 0.3 is 6.03 Å². The third-order valence-corrected chi connectivity index (χ3v) is 1.97. The first-order valence-corrected chi connectivity index (χ1v) is 4.39. The molecular weight excluding hydrogens is 180 g/mol. The Morgan fingerprint density at radius 2 is 2.17 bits per heavy atom. The zero-order chi connectivity index (χ0) is 9.14. The van der Waals surface area contributed by atoms with Gasteiger partial charge in [0.25, 0.3) is 0 Å². The van der Waals surface area contributed by atoms with Crippen molar-refractivity contribution in [1.82, 2.24) is 9.80 Å². The van der Waals surface area contributed by atoms with Gasteiger partial charge in [-0.3, -0.25) is 9.69 Å². The summed E-state index contributed by atoms with van der Waals surface area (Å²) in [5.41, 5.74) is 0. The second kappa shape index (κ2) is 3.76. The lowest BCUT2D eigenvalue weighted by atomic mass is 10.5.